The molecule has 1 N–H and O–H groups in total. The van der Waals surface area contributed by atoms with Gasteiger partial charge in [0.15, 0.2) is 0 Å². The van der Waals surface area contributed by atoms with Gasteiger partial charge in [-0.3, -0.25) is 4.90 Å². The molecule has 1 saturated carbocycles. The molecule has 7 heteroatoms. The zero-order chi connectivity index (χ0) is 18.2. The Bertz CT molecular complexity index is 721. The predicted octanol–water partition coefficient (Wildman–Crippen LogP) is 3.04. The zero-order valence-corrected chi connectivity index (χ0v) is 15.6. The Hall–Kier alpha value is -1.05. The number of nitrogens with one attached hydrogen (secondary N) is 1. The third kappa shape index (κ3) is 4.20. The molecule has 0 aromatic heterocycles. The lowest BCUT2D eigenvalue weighted by Crippen LogP contribution is -2.55. The van der Waals surface area contributed by atoms with E-state index in [0.29, 0.717) is 12.1 Å². The van der Waals surface area contributed by atoms with Crippen molar-refractivity contribution in [3.05, 3.63) is 35.4 Å². The lowest BCUT2D eigenvalue weighted by atomic mass is 9.60. The van der Waals surface area contributed by atoms with Gasteiger partial charge in [-0.2, -0.15) is 0 Å². The van der Waals surface area contributed by atoms with Gasteiger partial charge in [-0.05, 0) is 64.1 Å². The van der Waals surface area contributed by atoms with Gasteiger partial charge < -0.3 is 0 Å². The van der Waals surface area contributed by atoms with Gasteiger partial charge in [0.25, 0.3) is 0 Å². The molecule has 0 unspecified atom stereocenters. The van der Waals surface area contributed by atoms with E-state index in [2.05, 4.69) is 9.62 Å². The number of hydrogen-bond donors (Lipinski definition) is 1. The molecule has 1 aliphatic carbocycles. The fourth-order valence-electron chi connectivity index (χ4n) is 3.92. The molecule has 2 aliphatic rings. The topological polar surface area (TPSA) is 49.4 Å². The molecule has 25 heavy (non-hydrogen) atoms. The third-order valence-electron chi connectivity index (χ3n) is 5.64. The Labute approximate surface area is 148 Å². The highest BCUT2D eigenvalue weighted by molar-refractivity contribution is 7.90. The van der Waals surface area contributed by atoms with E-state index in [1.807, 2.05) is 0 Å². The van der Waals surface area contributed by atoms with Gasteiger partial charge in [0, 0.05) is 24.2 Å². The molecule has 4 nitrogen and oxygen atoms in total. The van der Waals surface area contributed by atoms with Gasteiger partial charge in [0.05, 0.1) is 5.25 Å². The maximum Gasteiger partial charge on any atom is 0.214 e. The quantitative estimate of drug-likeness (QED) is 0.864. The first kappa shape index (κ1) is 18.7. The number of sulfonamides is 1. The Morgan fingerprint density at radius 2 is 1.88 bits per heavy atom. The number of nitrogens with zero attached hydrogens (tertiary/aromatic N) is 1. The van der Waals surface area contributed by atoms with E-state index in [9.17, 15) is 17.2 Å². The molecule has 1 heterocycles. The van der Waals surface area contributed by atoms with Crippen LogP contribution in [0.1, 0.15) is 45.1 Å². The van der Waals surface area contributed by atoms with Crippen molar-refractivity contribution in [3.8, 4) is 0 Å². The summed E-state index contributed by atoms with van der Waals surface area (Å²) in [5, 5.41) is -0.406. The smallest absolute Gasteiger partial charge is 0.214 e. The molecular formula is C18H26F2N2O2S. The molecule has 1 aromatic rings. The summed E-state index contributed by atoms with van der Waals surface area (Å²) in [5.41, 5.74) is 0.746. The van der Waals surface area contributed by atoms with Crippen molar-refractivity contribution in [1.82, 2.24) is 9.62 Å². The van der Waals surface area contributed by atoms with Crippen LogP contribution in [-0.4, -0.2) is 37.7 Å². The van der Waals surface area contributed by atoms with E-state index in [1.165, 1.54) is 12.1 Å². The minimum Gasteiger partial charge on any atom is -0.299 e. The Morgan fingerprint density at radius 3 is 2.44 bits per heavy atom. The highest BCUT2D eigenvalue weighted by Crippen LogP contribution is 2.49. The van der Waals surface area contributed by atoms with Gasteiger partial charge >= 0.3 is 0 Å². The normalized spacial score (nSPS) is 21.6. The highest BCUT2D eigenvalue weighted by atomic mass is 32.2. The van der Waals surface area contributed by atoms with Crippen LogP contribution in [0.5, 0.6) is 0 Å². The van der Waals surface area contributed by atoms with Crippen LogP contribution in [0.3, 0.4) is 0 Å². The summed E-state index contributed by atoms with van der Waals surface area (Å²) in [5.74, 6) is -1.05. The molecular weight excluding hydrogens is 346 g/mol. The molecule has 1 spiro atoms. The lowest BCUT2D eigenvalue weighted by molar-refractivity contribution is 0.0103. The molecule has 0 radical (unpaired) electrons. The second-order valence-corrected chi connectivity index (χ2v) is 10.1. The summed E-state index contributed by atoms with van der Waals surface area (Å²) in [4.78, 5) is 2.19. The molecule has 0 atom stereocenters. The van der Waals surface area contributed by atoms with Crippen molar-refractivity contribution in [1.29, 1.82) is 0 Å². The SMILES string of the molecule is CC(C)S(=O)(=O)NC1CC2(CCN(Cc3ccc(F)cc3F)CC2)C1. The van der Waals surface area contributed by atoms with E-state index in [-0.39, 0.29) is 11.5 Å². The number of likely N-dealkylation sites (tertiary alicyclic amines) is 1. The fourth-order valence-corrected chi connectivity index (χ4v) is 4.83. The summed E-state index contributed by atoms with van der Waals surface area (Å²) in [6.07, 6.45) is 3.76. The fraction of sp³-hybridized carbons (Fsp3) is 0.667. The first-order chi connectivity index (χ1) is 11.7. The van der Waals surface area contributed by atoms with E-state index < -0.39 is 26.9 Å². The van der Waals surface area contributed by atoms with Gasteiger partial charge in [0.1, 0.15) is 11.6 Å². The molecule has 2 fully saturated rings. The summed E-state index contributed by atoms with van der Waals surface area (Å²) in [6, 6.07) is 3.78. The maximum absolute atomic E-state index is 13.8. The molecule has 1 aliphatic heterocycles. The van der Waals surface area contributed by atoms with Crippen LogP contribution in [-0.2, 0) is 16.6 Å². The van der Waals surface area contributed by atoms with E-state index >= 15 is 0 Å². The van der Waals surface area contributed by atoms with Crippen molar-refractivity contribution in [3.63, 3.8) is 0 Å². The first-order valence-corrected chi connectivity index (χ1v) is 10.4. The van der Waals surface area contributed by atoms with E-state index in [4.69, 9.17) is 0 Å². The maximum atomic E-state index is 13.8. The van der Waals surface area contributed by atoms with Crippen LogP contribution in [0, 0.1) is 17.0 Å². The molecule has 1 aromatic carbocycles. The molecule has 140 valence electrons. The molecule has 0 amide bonds. The third-order valence-corrected chi connectivity index (χ3v) is 7.54. The monoisotopic (exact) mass is 372 g/mol. The second kappa shape index (κ2) is 6.93. The Kier molecular flexibility index (Phi) is 5.19. The number of benzene rings is 1. The van der Waals surface area contributed by atoms with Crippen molar-refractivity contribution in [2.75, 3.05) is 13.1 Å². The Morgan fingerprint density at radius 1 is 1.24 bits per heavy atom. The molecule has 3 rings (SSSR count). The zero-order valence-electron chi connectivity index (χ0n) is 14.8. The number of rotatable bonds is 5. The van der Waals surface area contributed by atoms with Gasteiger partial charge in [-0.25, -0.2) is 21.9 Å². The second-order valence-electron chi connectivity index (χ2n) is 7.83. The van der Waals surface area contributed by atoms with Crippen molar-refractivity contribution >= 4 is 10.0 Å². The van der Waals surface area contributed by atoms with Crippen molar-refractivity contribution in [2.45, 2.75) is 57.4 Å². The van der Waals surface area contributed by atoms with Crippen LogP contribution in [0.2, 0.25) is 0 Å². The van der Waals surface area contributed by atoms with Crippen LogP contribution in [0.15, 0.2) is 18.2 Å². The summed E-state index contributed by atoms with van der Waals surface area (Å²) in [6.45, 7) is 5.58. The summed E-state index contributed by atoms with van der Waals surface area (Å²) in [7, 11) is -3.21. The van der Waals surface area contributed by atoms with Crippen LogP contribution < -0.4 is 4.72 Å². The van der Waals surface area contributed by atoms with E-state index in [0.717, 1.165) is 44.8 Å². The first-order valence-electron chi connectivity index (χ1n) is 8.87. The Balaban J connectivity index is 1.48. The average molecular weight is 372 g/mol. The van der Waals surface area contributed by atoms with E-state index in [1.54, 1.807) is 13.8 Å². The average Bonchev–Trinajstić information content (AvgIpc) is 2.50. The highest BCUT2D eigenvalue weighted by Gasteiger charge is 2.47. The minimum atomic E-state index is -3.21. The van der Waals surface area contributed by atoms with Crippen LogP contribution in [0.25, 0.3) is 0 Å². The van der Waals surface area contributed by atoms with Crippen molar-refractivity contribution < 1.29 is 17.2 Å². The lowest BCUT2D eigenvalue weighted by Gasteiger charge is -2.52. The van der Waals surface area contributed by atoms with Gasteiger partial charge in [-0.15, -0.1) is 0 Å². The minimum absolute atomic E-state index is 0.0495. The molecule has 0 bridgehead atoms. The van der Waals surface area contributed by atoms with Crippen molar-refractivity contribution in [2.24, 2.45) is 5.41 Å². The number of piperidine rings is 1. The number of hydrogen-bond acceptors (Lipinski definition) is 3. The van der Waals surface area contributed by atoms with Gasteiger partial charge in [-0.1, -0.05) is 6.07 Å². The number of halogens is 2. The van der Waals surface area contributed by atoms with Crippen LogP contribution >= 0.6 is 0 Å². The van der Waals surface area contributed by atoms with Crippen LogP contribution in [0.4, 0.5) is 8.78 Å². The summed E-state index contributed by atoms with van der Waals surface area (Å²) >= 11 is 0. The van der Waals surface area contributed by atoms with Gasteiger partial charge in [0.2, 0.25) is 10.0 Å². The summed E-state index contributed by atoms with van der Waals surface area (Å²) < 4.78 is 53.4. The standard InChI is InChI=1S/C18H26F2N2O2S/c1-13(2)25(23,24)21-16-10-18(11-16)5-7-22(8-6-18)12-14-3-4-15(19)9-17(14)20/h3-4,9,13,16,21H,5-8,10-12H2,1-2H3. The largest absolute Gasteiger partial charge is 0.299 e. The molecule has 1 saturated heterocycles. The predicted molar refractivity (Wildman–Crippen MR) is 93.5 cm³/mol.